The highest BCUT2D eigenvalue weighted by atomic mass is 19.1. The molecule has 2 aromatic rings. The maximum atomic E-state index is 13.8. The molecule has 2 fully saturated rings. The third-order valence-corrected chi connectivity index (χ3v) is 5.40. The molecule has 128 valence electrons. The van der Waals surface area contributed by atoms with Gasteiger partial charge in [0.2, 0.25) is 0 Å². The topological polar surface area (TPSA) is 36.3 Å². The summed E-state index contributed by atoms with van der Waals surface area (Å²) in [6.07, 6.45) is 6.73. The van der Waals surface area contributed by atoms with E-state index in [-0.39, 0.29) is 11.2 Å². The summed E-state index contributed by atoms with van der Waals surface area (Å²) in [6, 6.07) is 7.04. The molecular formula is C19H23FN2O2. The van der Waals surface area contributed by atoms with Gasteiger partial charge in [-0.25, -0.2) is 9.37 Å². The number of aromatic nitrogens is 2. The van der Waals surface area contributed by atoms with Gasteiger partial charge in [0.15, 0.2) is 0 Å². The molecule has 4 nitrogen and oxygen atoms in total. The van der Waals surface area contributed by atoms with Crippen LogP contribution in [0, 0.1) is 5.82 Å². The van der Waals surface area contributed by atoms with E-state index in [0.29, 0.717) is 19.1 Å². The van der Waals surface area contributed by atoms with E-state index in [1.165, 1.54) is 6.07 Å². The third kappa shape index (κ3) is 2.98. The Morgan fingerprint density at radius 1 is 1.21 bits per heavy atom. The van der Waals surface area contributed by atoms with Crippen LogP contribution < -0.4 is 0 Å². The number of ether oxygens (including phenoxy) is 2. The molecule has 0 spiro atoms. The summed E-state index contributed by atoms with van der Waals surface area (Å²) in [6.45, 7) is 3.79. The molecule has 0 radical (unpaired) electrons. The van der Waals surface area contributed by atoms with Crippen molar-refractivity contribution in [3.05, 3.63) is 53.9 Å². The molecule has 0 bridgehead atoms. The Labute approximate surface area is 141 Å². The fraction of sp³-hybridized carbons (Fsp3) is 0.526. The lowest BCUT2D eigenvalue weighted by atomic mass is 9.74. The van der Waals surface area contributed by atoms with E-state index in [1.54, 1.807) is 6.07 Å². The first-order valence-electron chi connectivity index (χ1n) is 8.69. The van der Waals surface area contributed by atoms with Gasteiger partial charge >= 0.3 is 0 Å². The van der Waals surface area contributed by atoms with Gasteiger partial charge in [-0.3, -0.25) is 0 Å². The van der Waals surface area contributed by atoms with Crippen molar-refractivity contribution in [3.8, 4) is 0 Å². The summed E-state index contributed by atoms with van der Waals surface area (Å²) in [5.41, 5.74) is 0.961. The van der Waals surface area contributed by atoms with Gasteiger partial charge in [0, 0.05) is 50.1 Å². The van der Waals surface area contributed by atoms with Gasteiger partial charge in [-0.05, 0) is 37.0 Å². The molecule has 2 aliphatic heterocycles. The van der Waals surface area contributed by atoms with Crippen LogP contribution in [0.25, 0.3) is 0 Å². The summed E-state index contributed by atoms with van der Waals surface area (Å²) >= 11 is 0. The van der Waals surface area contributed by atoms with Crippen molar-refractivity contribution >= 4 is 0 Å². The minimum Gasteiger partial charge on any atom is -0.381 e. The van der Waals surface area contributed by atoms with Gasteiger partial charge in [-0.1, -0.05) is 12.1 Å². The molecule has 3 heterocycles. The predicted octanol–water partition coefficient (Wildman–Crippen LogP) is 3.27. The lowest BCUT2D eigenvalue weighted by Crippen LogP contribution is -2.38. The standard InChI is InChI=1S/C19H23FN2O2/c20-17-3-1-2-16(12-17)19(5-10-23-11-6-19)14-22-8-7-21-18(22)15-4-9-24-13-15/h1-3,7-8,12,15H,4-6,9-11,13-14H2. The molecule has 2 saturated heterocycles. The minimum absolute atomic E-state index is 0.102. The monoisotopic (exact) mass is 330 g/mol. The van der Waals surface area contributed by atoms with Crippen molar-refractivity contribution in [1.29, 1.82) is 0 Å². The average Bonchev–Trinajstić information content (AvgIpc) is 3.27. The Balaban J connectivity index is 1.67. The zero-order valence-electron chi connectivity index (χ0n) is 13.8. The Morgan fingerprint density at radius 3 is 2.83 bits per heavy atom. The average molecular weight is 330 g/mol. The van der Waals surface area contributed by atoms with Crippen molar-refractivity contribution in [1.82, 2.24) is 9.55 Å². The molecule has 4 rings (SSSR count). The summed E-state index contributed by atoms with van der Waals surface area (Å²) in [5.74, 6) is 1.28. The summed E-state index contributed by atoms with van der Waals surface area (Å²) in [5, 5.41) is 0. The molecule has 2 aliphatic rings. The molecule has 1 atom stereocenters. The normalized spacial score (nSPS) is 23.5. The maximum absolute atomic E-state index is 13.8. The van der Waals surface area contributed by atoms with Crippen LogP contribution in [0.3, 0.4) is 0 Å². The lowest BCUT2D eigenvalue weighted by Gasteiger charge is -2.38. The summed E-state index contributed by atoms with van der Waals surface area (Å²) in [7, 11) is 0. The Kier molecular flexibility index (Phi) is 4.37. The molecule has 1 aromatic heterocycles. The van der Waals surface area contributed by atoms with E-state index >= 15 is 0 Å². The highest BCUT2D eigenvalue weighted by Crippen LogP contribution is 2.38. The number of halogens is 1. The second-order valence-corrected chi connectivity index (χ2v) is 6.88. The van der Waals surface area contributed by atoms with E-state index in [9.17, 15) is 4.39 Å². The van der Waals surface area contributed by atoms with Crippen LogP contribution in [-0.4, -0.2) is 36.0 Å². The number of hydrogen-bond acceptors (Lipinski definition) is 3. The second kappa shape index (κ2) is 6.65. The number of imidazole rings is 1. The number of hydrogen-bond donors (Lipinski definition) is 0. The van der Waals surface area contributed by atoms with Crippen LogP contribution in [-0.2, 0) is 21.4 Å². The quantitative estimate of drug-likeness (QED) is 0.863. The summed E-state index contributed by atoms with van der Waals surface area (Å²) in [4.78, 5) is 4.58. The lowest BCUT2D eigenvalue weighted by molar-refractivity contribution is 0.0429. The van der Waals surface area contributed by atoms with Crippen LogP contribution in [0.5, 0.6) is 0 Å². The van der Waals surface area contributed by atoms with E-state index < -0.39 is 0 Å². The van der Waals surface area contributed by atoms with Crippen LogP contribution in [0.15, 0.2) is 36.7 Å². The Morgan fingerprint density at radius 2 is 2.08 bits per heavy atom. The van der Waals surface area contributed by atoms with Crippen LogP contribution >= 0.6 is 0 Å². The molecule has 5 heteroatoms. The van der Waals surface area contributed by atoms with Gasteiger partial charge in [-0.15, -0.1) is 0 Å². The largest absolute Gasteiger partial charge is 0.381 e. The molecular weight excluding hydrogens is 307 g/mol. The van der Waals surface area contributed by atoms with Crippen LogP contribution in [0.2, 0.25) is 0 Å². The minimum atomic E-state index is -0.173. The van der Waals surface area contributed by atoms with Gasteiger partial charge < -0.3 is 14.0 Å². The number of rotatable bonds is 4. The molecule has 0 N–H and O–H groups in total. The maximum Gasteiger partial charge on any atom is 0.123 e. The van der Waals surface area contributed by atoms with E-state index in [0.717, 1.165) is 50.4 Å². The van der Waals surface area contributed by atoms with E-state index in [4.69, 9.17) is 9.47 Å². The first-order valence-corrected chi connectivity index (χ1v) is 8.69. The van der Waals surface area contributed by atoms with Gasteiger partial charge in [-0.2, -0.15) is 0 Å². The molecule has 24 heavy (non-hydrogen) atoms. The van der Waals surface area contributed by atoms with Gasteiger partial charge in [0.25, 0.3) is 0 Å². The van der Waals surface area contributed by atoms with Crippen LogP contribution in [0.1, 0.15) is 36.6 Å². The van der Waals surface area contributed by atoms with Crippen LogP contribution in [0.4, 0.5) is 4.39 Å². The predicted molar refractivity (Wildman–Crippen MR) is 88.5 cm³/mol. The fourth-order valence-corrected chi connectivity index (χ4v) is 4.00. The highest BCUT2D eigenvalue weighted by Gasteiger charge is 2.36. The molecule has 0 aliphatic carbocycles. The molecule has 0 amide bonds. The van der Waals surface area contributed by atoms with Gasteiger partial charge in [0.05, 0.1) is 6.61 Å². The second-order valence-electron chi connectivity index (χ2n) is 6.88. The summed E-state index contributed by atoms with van der Waals surface area (Å²) < 4.78 is 27.2. The first-order chi connectivity index (χ1) is 11.8. The first kappa shape index (κ1) is 15.8. The van der Waals surface area contributed by atoms with Gasteiger partial charge in [0.1, 0.15) is 11.6 Å². The fourth-order valence-electron chi connectivity index (χ4n) is 4.00. The zero-order valence-corrected chi connectivity index (χ0v) is 13.8. The van der Waals surface area contributed by atoms with Crippen molar-refractivity contribution in [2.24, 2.45) is 0 Å². The third-order valence-electron chi connectivity index (χ3n) is 5.40. The van der Waals surface area contributed by atoms with E-state index in [1.807, 2.05) is 24.5 Å². The van der Waals surface area contributed by atoms with Crippen molar-refractivity contribution < 1.29 is 13.9 Å². The molecule has 1 aromatic carbocycles. The number of nitrogens with zero attached hydrogens (tertiary/aromatic N) is 2. The highest BCUT2D eigenvalue weighted by molar-refractivity contribution is 5.27. The molecule has 0 saturated carbocycles. The smallest absolute Gasteiger partial charge is 0.123 e. The van der Waals surface area contributed by atoms with Crippen molar-refractivity contribution in [2.75, 3.05) is 26.4 Å². The van der Waals surface area contributed by atoms with Crippen molar-refractivity contribution in [3.63, 3.8) is 0 Å². The SMILES string of the molecule is Fc1cccc(C2(Cn3ccnc3C3CCOC3)CCOCC2)c1. The Bertz CT molecular complexity index is 688. The zero-order chi connectivity index (χ0) is 16.4. The Hall–Kier alpha value is -1.72. The molecule has 1 unspecified atom stereocenters. The van der Waals surface area contributed by atoms with Crippen molar-refractivity contribution in [2.45, 2.75) is 37.1 Å². The number of benzene rings is 1. The van der Waals surface area contributed by atoms with E-state index in [2.05, 4.69) is 9.55 Å².